The zero-order valence-corrected chi connectivity index (χ0v) is 18.4. The van der Waals surface area contributed by atoms with Crippen LogP contribution in [-0.2, 0) is 6.54 Å². The maximum atomic E-state index is 5.52. The molecule has 0 amide bonds. The van der Waals surface area contributed by atoms with Gasteiger partial charge >= 0.3 is 0 Å². The van der Waals surface area contributed by atoms with Crippen molar-refractivity contribution in [3.05, 3.63) is 95.7 Å². The van der Waals surface area contributed by atoms with E-state index in [4.69, 9.17) is 18.9 Å². The second kappa shape index (κ2) is 8.57. The van der Waals surface area contributed by atoms with E-state index in [-0.39, 0.29) is 19.8 Å². The van der Waals surface area contributed by atoms with Crippen LogP contribution in [0.3, 0.4) is 0 Å². The topological polar surface area (TPSA) is 85.0 Å². The molecule has 3 aliphatic heterocycles. The normalized spacial score (nSPS) is 17.4. The first kappa shape index (κ1) is 20.3. The summed E-state index contributed by atoms with van der Waals surface area (Å²) in [5, 5.41) is 6.95. The maximum absolute atomic E-state index is 5.52. The van der Waals surface area contributed by atoms with Gasteiger partial charge in [-0.3, -0.25) is 0 Å². The molecule has 1 atom stereocenters. The van der Waals surface area contributed by atoms with Crippen LogP contribution in [0.5, 0.6) is 23.0 Å². The second-order valence-electron chi connectivity index (χ2n) is 8.14. The third kappa shape index (κ3) is 3.95. The Labute approximate surface area is 197 Å². The van der Waals surface area contributed by atoms with Gasteiger partial charge in [0.1, 0.15) is 6.17 Å². The molecule has 0 saturated carbocycles. The van der Waals surface area contributed by atoms with E-state index in [0.29, 0.717) is 6.54 Å². The third-order valence-corrected chi connectivity index (χ3v) is 5.94. The van der Waals surface area contributed by atoms with Crippen molar-refractivity contribution < 1.29 is 18.9 Å². The average molecular weight is 457 g/mol. The third-order valence-electron chi connectivity index (χ3n) is 5.94. The molecule has 0 fully saturated rings. The fourth-order valence-corrected chi connectivity index (χ4v) is 4.09. The van der Waals surface area contributed by atoms with Gasteiger partial charge in [-0.1, -0.05) is 36.9 Å². The highest BCUT2D eigenvalue weighted by Crippen LogP contribution is 2.35. The summed E-state index contributed by atoms with van der Waals surface area (Å²) < 4.78 is 21.8. The Balaban J connectivity index is 1.13. The molecule has 172 valence electrons. The molecule has 4 N–H and O–H groups in total. The van der Waals surface area contributed by atoms with Crippen LogP contribution in [-0.4, -0.2) is 13.6 Å². The van der Waals surface area contributed by atoms with Gasteiger partial charge in [-0.15, -0.1) is 0 Å². The smallest absolute Gasteiger partial charge is 0.231 e. The minimum Gasteiger partial charge on any atom is -0.454 e. The summed E-state index contributed by atoms with van der Waals surface area (Å²) >= 11 is 0. The van der Waals surface area contributed by atoms with Gasteiger partial charge in [-0.2, -0.15) is 0 Å². The van der Waals surface area contributed by atoms with Crippen LogP contribution in [0.4, 0.5) is 0 Å². The standard InChI is InChI=1S/C26H24N4O4/c1-16(27-12-17-5-7-22-24(9-17)33-14-31-22)18-3-2-4-19(10-18)21-13-28-30-26(29-21)20-6-8-23-25(11-20)34-15-32-23/h2-11,13,26-30H,1,12,14-15H2. The first-order valence-corrected chi connectivity index (χ1v) is 11.0. The van der Waals surface area contributed by atoms with Crippen molar-refractivity contribution in [2.75, 3.05) is 13.6 Å². The van der Waals surface area contributed by atoms with E-state index in [0.717, 1.165) is 56.6 Å². The molecule has 0 radical (unpaired) electrons. The van der Waals surface area contributed by atoms with Crippen molar-refractivity contribution in [1.82, 2.24) is 21.5 Å². The lowest BCUT2D eigenvalue weighted by atomic mass is 10.0. The monoisotopic (exact) mass is 456 g/mol. The summed E-state index contributed by atoms with van der Waals surface area (Å²) in [4.78, 5) is 0. The molecule has 8 heteroatoms. The number of ether oxygens (including phenoxy) is 4. The molecule has 34 heavy (non-hydrogen) atoms. The minimum absolute atomic E-state index is 0.134. The molecule has 6 rings (SSSR count). The molecule has 3 aliphatic rings. The van der Waals surface area contributed by atoms with Gasteiger partial charge in [-0.05, 0) is 52.6 Å². The van der Waals surface area contributed by atoms with E-state index in [9.17, 15) is 0 Å². The highest BCUT2D eigenvalue weighted by atomic mass is 16.7. The summed E-state index contributed by atoms with van der Waals surface area (Å²) in [6, 6.07) is 20.1. The number of nitrogens with one attached hydrogen (secondary N) is 4. The van der Waals surface area contributed by atoms with Crippen molar-refractivity contribution >= 4 is 11.4 Å². The van der Waals surface area contributed by atoms with Crippen LogP contribution in [0.2, 0.25) is 0 Å². The molecular formula is C26H24N4O4. The lowest BCUT2D eigenvalue weighted by Gasteiger charge is -2.28. The Bertz CT molecular complexity index is 1290. The van der Waals surface area contributed by atoms with Crippen molar-refractivity contribution in [1.29, 1.82) is 0 Å². The van der Waals surface area contributed by atoms with E-state index in [2.05, 4.69) is 40.2 Å². The number of fused-ring (bicyclic) bond motifs is 2. The zero-order chi connectivity index (χ0) is 22.9. The Morgan fingerprint density at radius 1 is 0.882 bits per heavy atom. The molecular weight excluding hydrogens is 432 g/mol. The summed E-state index contributed by atoms with van der Waals surface area (Å²) in [5.41, 5.74) is 12.4. The van der Waals surface area contributed by atoms with Crippen molar-refractivity contribution in [3.8, 4) is 23.0 Å². The quantitative estimate of drug-likeness (QED) is 0.448. The number of benzene rings is 3. The first-order chi connectivity index (χ1) is 16.7. The molecule has 8 nitrogen and oxygen atoms in total. The SMILES string of the molecule is C=C(NCc1ccc2c(c1)OCO2)c1cccc(C2=CNNC(c3ccc4c(c3)OCO4)N2)c1. The summed E-state index contributed by atoms with van der Waals surface area (Å²) in [6.45, 7) is 5.40. The first-order valence-electron chi connectivity index (χ1n) is 11.0. The minimum atomic E-state index is -0.134. The van der Waals surface area contributed by atoms with Crippen molar-refractivity contribution in [2.24, 2.45) is 0 Å². The van der Waals surface area contributed by atoms with Crippen molar-refractivity contribution in [2.45, 2.75) is 12.7 Å². The molecule has 3 aromatic carbocycles. The highest BCUT2D eigenvalue weighted by Gasteiger charge is 2.21. The van der Waals surface area contributed by atoms with Crippen LogP contribution in [0.25, 0.3) is 11.4 Å². The van der Waals surface area contributed by atoms with Gasteiger partial charge in [0.25, 0.3) is 0 Å². The molecule has 0 aliphatic carbocycles. The van der Waals surface area contributed by atoms with Crippen LogP contribution in [0, 0.1) is 0 Å². The molecule has 0 spiro atoms. The predicted octanol–water partition coefficient (Wildman–Crippen LogP) is 3.60. The maximum Gasteiger partial charge on any atom is 0.231 e. The van der Waals surface area contributed by atoms with Gasteiger partial charge < -0.3 is 35.0 Å². The average Bonchev–Trinajstić information content (AvgIpc) is 3.56. The van der Waals surface area contributed by atoms with Crippen LogP contribution in [0.15, 0.2) is 73.4 Å². The molecule has 3 heterocycles. The number of hydrogen-bond donors (Lipinski definition) is 4. The van der Waals surface area contributed by atoms with Gasteiger partial charge in [0.15, 0.2) is 23.0 Å². The predicted molar refractivity (Wildman–Crippen MR) is 128 cm³/mol. The van der Waals surface area contributed by atoms with Crippen LogP contribution in [0.1, 0.15) is 28.4 Å². The highest BCUT2D eigenvalue weighted by molar-refractivity contribution is 5.70. The number of rotatable bonds is 6. The van der Waals surface area contributed by atoms with E-state index >= 15 is 0 Å². The molecule has 0 aromatic heterocycles. The Kier molecular flexibility index (Phi) is 5.12. The Hall–Kier alpha value is -4.30. The van der Waals surface area contributed by atoms with Gasteiger partial charge in [0.2, 0.25) is 13.6 Å². The fraction of sp³-hybridized carbons (Fsp3) is 0.154. The van der Waals surface area contributed by atoms with Gasteiger partial charge in [-0.25, -0.2) is 5.43 Å². The van der Waals surface area contributed by atoms with E-state index in [1.807, 2.05) is 54.7 Å². The zero-order valence-electron chi connectivity index (χ0n) is 18.4. The van der Waals surface area contributed by atoms with E-state index in [1.165, 1.54) is 0 Å². The van der Waals surface area contributed by atoms with Gasteiger partial charge in [0.05, 0.1) is 5.70 Å². The lowest BCUT2D eigenvalue weighted by molar-refractivity contribution is 0.173. The van der Waals surface area contributed by atoms with E-state index < -0.39 is 0 Å². The Morgan fingerprint density at radius 3 is 2.50 bits per heavy atom. The number of hydrazine groups is 1. The fourth-order valence-electron chi connectivity index (χ4n) is 4.09. The molecule has 0 saturated heterocycles. The summed E-state index contributed by atoms with van der Waals surface area (Å²) in [5.74, 6) is 3.08. The van der Waals surface area contributed by atoms with Gasteiger partial charge in [0, 0.05) is 18.4 Å². The summed E-state index contributed by atoms with van der Waals surface area (Å²) in [7, 11) is 0. The molecule has 3 aromatic rings. The summed E-state index contributed by atoms with van der Waals surface area (Å²) in [6.07, 6.45) is 1.77. The lowest BCUT2D eigenvalue weighted by Crippen LogP contribution is -2.44. The Morgan fingerprint density at radius 2 is 1.65 bits per heavy atom. The van der Waals surface area contributed by atoms with Crippen molar-refractivity contribution in [3.63, 3.8) is 0 Å². The molecule has 0 bridgehead atoms. The van der Waals surface area contributed by atoms with Crippen LogP contribution >= 0.6 is 0 Å². The molecule has 1 unspecified atom stereocenters. The second-order valence-corrected chi connectivity index (χ2v) is 8.14. The largest absolute Gasteiger partial charge is 0.454 e. The number of hydrogen-bond acceptors (Lipinski definition) is 8. The van der Waals surface area contributed by atoms with Crippen LogP contribution < -0.4 is 40.4 Å². The van der Waals surface area contributed by atoms with E-state index in [1.54, 1.807) is 0 Å².